The Labute approximate surface area is 143 Å². The summed E-state index contributed by atoms with van der Waals surface area (Å²) in [6.45, 7) is 0. The summed E-state index contributed by atoms with van der Waals surface area (Å²) in [6.07, 6.45) is 3.04. The van der Waals surface area contributed by atoms with Crippen molar-refractivity contribution < 1.29 is 9.90 Å². The molecule has 1 amide bonds. The van der Waals surface area contributed by atoms with Crippen LogP contribution in [-0.2, 0) is 0 Å². The zero-order valence-corrected chi connectivity index (χ0v) is 13.1. The Balaban J connectivity index is 1.90. The Morgan fingerprint density at radius 1 is 0.800 bits per heavy atom. The number of azo groups is 1. The number of phenols is 1. The molecule has 0 unspecified atom stereocenters. The molecule has 1 aromatic heterocycles. The van der Waals surface area contributed by atoms with E-state index in [4.69, 9.17) is 0 Å². The number of nitrogens with zero attached hydrogens (tertiary/aromatic N) is 3. The van der Waals surface area contributed by atoms with Crippen LogP contribution in [0.3, 0.4) is 0 Å². The Hall–Kier alpha value is -3.60. The molecule has 0 aliphatic rings. The van der Waals surface area contributed by atoms with Gasteiger partial charge in [0.05, 0.1) is 0 Å². The lowest BCUT2D eigenvalue weighted by Gasteiger charge is -2.09. The Morgan fingerprint density at radius 3 is 2.04 bits per heavy atom. The highest BCUT2D eigenvalue weighted by atomic mass is 16.3. The molecule has 4 aromatic rings. The van der Waals surface area contributed by atoms with Gasteiger partial charge in [-0.1, -0.05) is 48.5 Å². The Morgan fingerprint density at radius 2 is 1.36 bits per heavy atom. The number of benzene rings is 3. The van der Waals surface area contributed by atoms with E-state index in [1.807, 2.05) is 48.5 Å². The van der Waals surface area contributed by atoms with E-state index >= 15 is 0 Å². The fourth-order valence-electron chi connectivity index (χ4n) is 2.85. The van der Waals surface area contributed by atoms with Gasteiger partial charge in [-0.25, -0.2) is 0 Å². The summed E-state index contributed by atoms with van der Waals surface area (Å²) in [5.41, 5.74) is 0.681. The number of aromatic nitrogens is 1. The van der Waals surface area contributed by atoms with Crippen molar-refractivity contribution in [3.63, 3.8) is 0 Å². The molecule has 4 rings (SSSR count). The summed E-state index contributed by atoms with van der Waals surface area (Å²) in [5, 5.41) is 21.8. The smallest absolute Gasteiger partial charge is 0.295 e. The predicted octanol–water partition coefficient (Wildman–Crippen LogP) is 5.02. The van der Waals surface area contributed by atoms with Gasteiger partial charge in [0.1, 0.15) is 5.69 Å². The molecule has 0 saturated heterocycles. The SMILES string of the molecule is O=C(N=Nc1c(O)c2ccccc2c2ccccc12)c1ccncc1. The number of amides is 1. The average molecular weight is 327 g/mol. The summed E-state index contributed by atoms with van der Waals surface area (Å²) in [4.78, 5) is 16.0. The van der Waals surface area contributed by atoms with Crippen molar-refractivity contribution in [1.29, 1.82) is 0 Å². The zero-order valence-electron chi connectivity index (χ0n) is 13.1. The third-order valence-electron chi connectivity index (χ3n) is 4.05. The quantitative estimate of drug-likeness (QED) is 0.415. The fraction of sp³-hybridized carbons (Fsp3) is 0. The van der Waals surface area contributed by atoms with E-state index in [0.717, 1.165) is 16.2 Å². The summed E-state index contributed by atoms with van der Waals surface area (Å²) < 4.78 is 0. The number of carbonyl (C=O) groups excluding carboxylic acids is 1. The molecule has 0 aliphatic carbocycles. The van der Waals surface area contributed by atoms with Crippen LogP contribution in [0.4, 0.5) is 5.69 Å². The highest BCUT2D eigenvalue weighted by molar-refractivity contribution is 6.15. The maximum atomic E-state index is 12.2. The minimum atomic E-state index is -0.487. The fourth-order valence-corrected chi connectivity index (χ4v) is 2.85. The standard InChI is InChI=1S/C20H13N3O2/c24-19-17-8-4-2-6-15(17)14-5-1-3-7-16(14)18(19)22-23-20(25)13-9-11-21-12-10-13/h1-12,24H. The highest BCUT2D eigenvalue weighted by Gasteiger charge is 2.13. The second-order valence-electron chi connectivity index (χ2n) is 5.53. The molecule has 0 radical (unpaired) electrons. The largest absolute Gasteiger partial charge is 0.505 e. The second-order valence-corrected chi connectivity index (χ2v) is 5.53. The number of pyridine rings is 1. The van der Waals surface area contributed by atoms with Crippen molar-refractivity contribution in [1.82, 2.24) is 4.98 Å². The second kappa shape index (κ2) is 6.13. The monoisotopic (exact) mass is 327 g/mol. The van der Waals surface area contributed by atoms with Crippen molar-refractivity contribution >= 4 is 33.1 Å². The van der Waals surface area contributed by atoms with E-state index in [2.05, 4.69) is 15.2 Å². The third kappa shape index (κ3) is 2.61. The summed E-state index contributed by atoms with van der Waals surface area (Å²) in [5.74, 6) is -0.473. The first-order valence-corrected chi connectivity index (χ1v) is 7.74. The number of fused-ring (bicyclic) bond motifs is 3. The molecule has 5 nitrogen and oxygen atoms in total. The zero-order chi connectivity index (χ0) is 17.2. The molecule has 0 saturated carbocycles. The predicted molar refractivity (Wildman–Crippen MR) is 96.2 cm³/mol. The van der Waals surface area contributed by atoms with Gasteiger partial charge < -0.3 is 5.11 Å². The number of hydrogen-bond donors (Lipinski definition) is 1. The average Bonchev–Trinajstić information content (AvgIpc) is 2.68. The molecule has 0 aliphatic heterocycles. The molecule has 1 N–H and O–H groups in total. The molecule has 5 heteroatoms. The first-order chi connectivity index (χ1) is 12.3. The van der Waals surface area contributed by atoms with Gasteiger partial charge in [0.15, 0.2) is 5.75 Å². The highest BCUT2D eigenvalue weighted by Crippen LogP contribution is 2.42. The van der Waals surface area contributed by atoms with Crippen LogP contribution in [0.15, 0.2) is 83.3 Å². The van der Waals surface area contributed by atoms with Gasteiger partial charge in [-0.3, -0.25) is 9.78 Å². The number of rotatable bonds is 2. The van der Waals surface area contributed by atoms with Gasteiger partial charge in [-0.2, -0.15) is 0 Å². The molecule has 120 valence electrons. The minimum Gasteiger partial charge on any atom is -0.505 e. The molecule has 0 fully saturated rings. The molecule has 0 bridgehead atoms. The van der Waals surface area contributed by atoms with Crippen LogP contribution < -0.4 is 0 Å². The van der Waals surface area contributed by atoms with E-state index in [1.165, 1.54) is 12.4 Å². The number of hydrogen-bond acceptors (Lipinski definition) is 4. The van der Waals surface area contributed by atoms with E-state index < -0.39 is 5.91 Å². The topological polar surface area (TPSA) is 74.9 Å². The lowest BCUT2D eigenvalue weighted by Crippen LogP contribution is -1.93. The van der Waals surface area contributed by atoms with Gasteiger partial charge >= 0.3 is 0 Å². The number of aromatic hydroxyl groups is 1. The molecular formula is C20H13N3O2. The van der Waals surface area contributed by atoms with E-state index in [-0.39, 0.29) is 11.4 Å². The van der Waals surface area contributed by atoms with Crippen LogP contribution in [0.2, 0.25) is 0 Å². The van der Waals surface area contributed by atoms with Crippen LogP contribution in [0.25, 0.3) is 21.5 Å². The maximum absolute atomic E-state index is 12.2. The van der Waals surface area contributed by atoms with Crippen LogP contribution in [0, 0.1) is 0 Å². The number of phenolic OH excluding ortho intramolecular Hbond substituents is 1. The Bertz CT molecular complexity index is 1120. The van der Waals surface area contributed by atoms with E-state index in [0.29, 0.717) is 10.9 Å². The van der Waals surface area contributed by atoms with Crippen molar-refractivity contribution in [2.75, 3.05) is 0 Å². The van der Waals surface area contributed by atoms with Gasteiger partial charge in [0.2, 0.25) is 0 Å². The van der Waals surface area contributed by atoms with Crippen molar-refractivity contribution in [2.45, 2.75) is 0 Å². The van der Waals surface area contributed by atoms with Crippen LogP contribution in [-0.4, -0.2) is 16.0 Å². The molecular weight excluding hydrogens is 314 g/mol. The first-order valence-electron chi connectivity index (χ1n) is 7.74. The van der Waals surface area contributed by atoms with Crippen LogP contribution in [0.1, 0.15) is 10.4 Å². The normalized spacial score (nSPS) is 11.4. The lowest BCUT2D eigenvalue weighted by molar-refractivity contribution is 0.0995. The molecule has 3 aromatic carbocycles. The van der Waals surface area contributed by atoms with Crippen molar-refractivity contribution in [3.8, 4) is 5.75 Å². The van der Waals surface area contributed by atoms with Gasteiger partial charge in [0.25, 0.3) is 5.91 Å². The molecule has 0 spiro atoms. The van der Waals surface area contributed by atoms with Crippen LogP contribution in [0.5, 0.6) is 5.75 Å². The molecule has 1 heterocycles. The van der Waals surface area contributed by atoms with Gasteiger partial charge in [-0.05, 0) is 22.9 Å². The maximum Gasteiger partial charge on any atom is 0.295 e. The first kappa shape index (κ1) is 15.0. The lowest BCUT2D eigenvalue weighted by atomic mass is 9.99. The van der Waals surface area contributed by atoms with Crippen molar-refractivity contribution in [3.05, 3.63) is 78.6 Å². The summed E-state index contributed by atoms with van der Waals surface area (Å²) in [6, 6.07) is 18.3. The van der Waals surface area contributed by atoms with Gasteiger partial charge in [0, 0.05) is 28.7 Å². The van der Waals surface area contributed by atoms with Crippen molar-refractivity contribution in [2.24, 2.45) is 10.2 Å². The Kier molecular flexibility index (Phi) is 3.67. The minimum absolute atomic E-state index is 0.0144. The van der Waals surface area contributed by atoms with Gasteiger partial charge in [-0.15, -0.1) is 10.2 Å². The summed E-state index contributed by atoms with van der Waals surface area (Å²) >= 11 is 0. The molecule has 0 atom stereocenters. The number of carbonyl (C=O) groups is 1. The van der Waals surface area contributed by atoms with Crippen LogP contribution >= 0.6 is 0 Å². The molecule has 25 heavy (non-hydrogen) atoms. The summed E-state index contributed by atoms with van der Waals surface area (Å²) in [7, 11) is 0. The third-order valence-corrected chi connectivity index (χ3v) is 4.05. The van der Waals surface area contributed by atoms with E-state index in [1.54, 1.807) is 12.1 Å². The van der Waals surface area contributed by atoms with E-state index in [9.17, 15) is 9.90 Å².